The first kappa shape index (κ1) is 18.3. The maximum absolute atomic E-state index is 11.8. The molecule has 0 saturated carbocycles. The molecule has 0 aromatic rings. The summed E-state index contributed by atoms with van der Waals surface area (Å²) in [4.78, 5) is 13.9. The van der Waals surface area contributed by atoms with Crippen molar-refractivity contribution in [3.8, 4) is 0 Å². The van der Waals surface area contributed by atoms with Crippen LogP contribution in [0.25, 0.3) is 0 Å². The van der Waals surface area contributed by atoms with Crippen LogP contribution in [0.3, 0.4) is 0 Å². The lowest BCUT2D eigenvalue weighted by molar-refractivity contribution is -0.137. The van der Waals surface area contributed by atoms with Crippen molar-refractivity contribution in [2.75, 3.05) is 73.4 Å². The van der Waals surface area contributed by atoms with Gasteiger partial charge in [-0.15, -0.1) is 0 Å². The monoisotopic (exact) mass is 304 g/mol. The van der Waals surface area contributed by atoms with E-state index in [0.717, 1.165) is 13.0 Å². The zero-order valence-electron chi connectivity index (χ0n) is 13.1. The molecule has 0 bridgehead atoms. The molecule has 1 atom stereocenters. The van der Waals surface area contributed by atoms with Gasteiger partial charge in [-0.2, -0.15) is 0 Å². The first-order chi connectivity index (χ1) is 10.2. The fourth-order valence-electron chi connectivity index (χ4n) is 1.90. The number of nitrogens with zero attached hydrogens (tertiary/aromatic N) is 1. The quantitative estimate of drug-likeness (QED) is 0.519. The largest absolute Gasteiger partial charge is 0.382 e. The van der Waals surface area contributed by atoms with Crippen molar-refractivity contribution in [3.05, 3.63) is 0 Å². The third-order valence-electron chi connectivity index (χ3n) is 3.13. The molecule has 1 aliphatic heterocycles. The predicted molar refractivity (Wildman–Crippen MR) is 78.4 cm³/mol. The SMILES string of the molecule is COCCOCCOCCCNC(=O)[C@H]1CN(C)CCO1. The molecule has 0 unspecified atom stereocenters. The molecule has 1 aliphatic rings. The van der Waals surface area contributed by atoms with Crippen molar-refractivity contribution < 1.29 is 23.7 Å². The molecular weight excluding hydrogens is 276 g/mol. The summed E-state index contributed by atoms with van der Waals surface area (Å²) >= 11 is 0. The number of hydrogen-bond acceptors (Lipinski definition) is 6. The van der Waals surface area contributed by atoms with E-state index in [1.54, 1.807) is 7.11 Å². The molecule has 21 heavy (non-hydrogen) atoms. The summed E-state index contributed by atoms with van der Waals surface area (Å²) < 4.78 is 21.0. The molecule has 1 N–H and O–H groups in total. The van der Waals surface area contributed by atoms with E-state index in [0.29, 0.717) is 52.7 Å². The van der Waals surface area contributed by atoms with Gasteiger partial charge in [-0.25, -0.2) is 0 Å². The summed E-state index contributed by atoms with van der Waals surface area (Å²) in [6.07, 6.45) is 0.436. The smallest absolute Gasteiger partial charge is 0.250 e. The maximum atomic E-state index is 11.8. The number of amides is 1. The number of carbonyl (C=O) groups excluding carboxylic acids is 1. The Bertz CT molecular complexity index is 278. The van der Waals surface area contributed by atoms with Crippen molar-refractivity contribution in [1.29, 1.82) is 0 Å². The van der Waals surface area contributed by atoms with E-state index in [4.69, 9.17) is 18.9 Å². The molecule has 0 radical (unpaired) electrons. The van der Waals surface area contributed by atoms with Crippen LogP contribution < -0.4 is 5.32 Å². The Labute approximate surface area is 126 Å². The lowest BCUT2D eigenvalue weighted by atomic mass is 10.2. The van der Waals surface area contributed by atoms with Gasteiger partial charge in [0.25, 0.3) is 0 Å². The molecule has 1 amide bonds. The summed E-state index contributed by atoms with van der Waals surface area (Å²) in [6.45, 7) is 5.68. The Morgan fingerprint density at radius 2 is 1.95 bits per heavy atom. The van der Waals surface area contributed by atoms with Gasteiger partial charge >= 0.3 is 0 Å². The Hall–Kier alpha value is -0.730. The molecule has 0 aromatic carbocycles. The highest BCUT2D eigenvalue weighted by Gasteiger charge is 2.24. The fraction of sp³-hybridized carbons (Fsp3) is 0.929. The van der Waals surface area contributed by atoms with E-state index in [9.17, 15) is 4.79 Å². The highest BCUT2D eigenvalue weighted by atomic mass is 16.5. The van der Waals surface area contributed by atoms with Crippen LogP contribution >= 0.6 is 0 Å². The number of likely N-dealkylation sites (N-methyl/N-ethyl adjacent to an activating group) is 1. The molecule has 1 saturated heterocycles. The maximum Gasteiger partial charge on any atom is 0.250 e. The second kappa shape index (κ2) is 11.9. The minimum absolute atomic E-state index is 0.0375. The lowest BCUT2D eigenvalue weighted by Gasteiger charge is -2.29. The Kier molecular flexibility index (Phi) is 10.4. The summed E-state index contributed by atoms with van der Waals surface area (Å²) in [5.41, 5.74) is 0. The molecule has 1 rings (SSSR count). The van der Waals surface area contributed by atoms with Crippen molar-refractivity contribution in [3.63, 3.8) is 0 Å². The Morgan fingerprint density at radius 3 is 2.67 bits per heavy atom. The molecule has 7 heteroatoms. The molecule has 7 nitrogen and oxygen atoms in total. The normalized spacial score (nSPS) is 19.6. The molecule has 0 aromatic heterocycles. The van der Waals surface area contributed by atoms with Gasteiger partial charge in [0.2, 0.25) is 5.91 Å². The van der Waals surface area contributed by atoms with E-state index in [1.165, 1.54) is 0 Å². The van der Waals surface area contributed by atoms with Crippen LogP contribution in [-0.2, 0) is 23.7 Å². The number of ether oxygens (including phenoxy) is 4. The molecule has 0 aliphatic carbocycles. The third-order valence-corrected chi connectivity index (χ3v) is 3.13. The second-order valence-corrected chi connectivity index (χ2v) is 4.98. The minimum Gasteiger partial charge on any atom is -0.382 e. The molecule has 0 spiro atoms. The Balaban J connectivity index is 1.88. The van der Waals surface area contributed by atoms with E-state index in [1.807, 2.05) is 7.05 Å². The summed E-state index contributed by atoms with van der Waals surface area (Å²) in [5, 5.41) is 2.87. The zero-order valence-corrected chi connectivity index (χ0v) is 13.1. The first-order valence-corrected chi connectivity index (χ1v) is 7.46. The van der Waals surface area contributed by atoms with Gasteiger partial charge in [0, 0.05) is 33.4 Å². The van der Waals surface area contributed by atoms with Crippen LogP contribution in [0.5, 0.6) is 0 Å². The van der Waals surface area contributed by atoms with E-state index < -0.39 is 0 Å². The topological polar surface area (TPSA) is 69.3 Å². The van der Waals surface area contributed by atoms with Crippen molar-refractivity contribution in [2.45, 2.75) is 12.5 Å². The highest BCUT2D eigenvalue weighted by molar-refractivity contribution is 5.81. The zero-order chi connectivity index (χ0) is 15.3. The van der Waals surface area contributed by atoms with Crippen molar-refractivity contribution in [1.82, 2.24) is 10.2 Å². The van der Waals surface area contributed by atoms with Crippen LogP contribution in [0.15, 0.2) is 0 Å². The van der Waals surface area contributed by atoms with Gasteiger partial charge in [0.05, 0.1) is 33.0 Å². The summed E-state index contributed by atoms with van der Waals surface area (Å²) in [7, 11) is 3.63. The van der Waals surface area contributed by atoms with Crippen molar-refractivity contribution in [2.24, 2.45) is 0 Å². The van der Waals surface area contributed by atoms with Gasteiger partial charge in [-0.1, -0.05) is 0 Å². The molecule has 124 valence electrons. The Morgan fingerprint density at radius 1 is 1.24 bits per heavy atom. The third kappa shape index (κ3) is 9.00. The summed E-state index contributed by atoms with van der Waals surface area (Å²) in [5.74, 6) is -0.0375. The number of rotatable bonds is 11. The number of morpholine rings is 1. The van der Waals surface area contributed by atoms with Crippen LogP contribution in [0, 0.1) is 0 Å². The van der Waals surface area contributed by atoms with Crippen LogP contribution in [-0.4, -0.2) is 90.3 Å². The van der Waals surface area contributed by atoms with Gasteiger partial charge in [0.1, 0.15) is 6.10 Å². The molecule has 1 fully saturated rings. The fourth-order valence-corrected chi connectivity index (χ4v) is 1.90. The lowest BCUT2D eigenvalue weighted by Crippen LogP contribution is -2.48. The van der Waals surface area contributed by atoms with Gasteiger partial charge in [-0.3, -0.25) is 4.79 Å². The molecular formula is C14H28N2O5. The van der Waals surface area contributed by atoms with Gasteiger partial charge in [0.15, 0.2) is 0 Å². The number of hydrogen-bond donors (Lipinski definition) is 1. The first-order valence-electron chi connectivity index (χ1n) is 7.46. The number of nitrogens with one attached hydrogen (secondary N) is 1. The van der Waals surface area contributed by atoms with Crippen LogP contribution in [0.1, 0.15) is 6.42 Å². The standard InChI is InChI=1S/C14H28N2O5/c1-16-5-7-21-13(12-16)14(17)15-4-3-6-19-10-11-20-9-8-18-2/h13H,3-12H2,1-2H3,(H,15,17)/t13-/m1/s1. The average molecular weight is 304 g/mol. The molecule has 1 heterocycles. The number of carbonyl (C=O) groups is 1. The van der Waals surface area contributed by atoms with E-state index in [-0.39, 0.29) is 12.0 Å². The van der Waals surface area contributed by atoms with E-state index >= 15 is 0 Å². The highest BCUT2D eigenvalue weighted by Crippen LogP contribution is 2.02. The van der Waals surface area contributed by atoms with Gasteiger partial charge < -0.3 is 29.2 Å². The second-order valence-electron chi connectivity index (χ2n) is 4.98. The van der Waals surface area contributed by atoms with Crippen molar-refractivity contribution >= 4 is 5.91 Å². The summed E-state index contributed by atoms with van der Waals surface area (Å²) in [6, 6.07) is 0. The number of methoxy groups -OCH3 is 1. The predicted octanol–water partition coefficient (Wildman–Crippen LogP) is -0.497. The van der Waals surface area contributed by atoms with Crippen LogP contribution in [0.2, 0.25) is 0 Å². The average Bonchev–Trinajstić information content (AvgIpc) is 2.49. The van der Waals surface area contributed by atoms with E-state index in [2.05, 4.69) is 10.2 Å². The van der Waals surface area contributed by atoms with Gasteiger partial charge in [-0.05, 0) is 13.5 Å². The minimum atomic E-state index is -0.348. The van der Waals surface area contributed by atoms with Crippen LogP contribution in [0.4, 0.5) is 0 Å².